The molecule has 5 nitrogen and oxygen atoms in total. The predicted molar refractivity (Wildman–Crippen MR) is 110 cm³/mol. The number of carbonyl (C=O) groups is 1. The number of para-hydroxylation sites is 2. The Labute approximate surface area is 164 Å². The largest absolute Gasteiger partial charge is 0.340 e. The minimum atomic E-state index is -0.321. The smallest absolute Gasteiger partial charge is 0.206 e. The van der Waals surface area contributed by atoms with Crippen molar-refractivity contribution >= 4 is 22.8 Å². The number of halogens is 1. The van der Waals surface area contributed by atoms with Crippen LogP contribution in [-0.4, -0.2) is 53.0 Å². The van der Waals surface area contributed by atoms with E-state index >= 15 is 0 Å². The van der Waals surface area contributed by atoms with Gasteiger partial charge in [0.1, 0.15) is 5.82 Å². The quantitative estimate of drug-likeness (QED) is 0.632. The van der Waals surface area contributed by atoms with Crippen molar-refractivity contribution in [2.45, 2.75) is 19.9 Å². The number of Topliss-reactive ketones (excluding diaryl/α,β-unsaturated/α-hetero) is 1. The Bertz CT molecular complexity index is 972. The lowest BCUT2D eigenvalue weighted by atomic mass is 10.1. The van der Waals surface area contributed by atoms with Crippen LogP contribution in [0.4, 0.5) is 10.3 Å². The van der Waals surface area contributed by atoms with Gasteiger partial charge in [0.2, 0.25) is 5.95 Å². The van der Waals surface area contributed by atoms with Crippen LogP contribution in [0.5, 0.6) is 0 Å². The van der Waals surface area contributed by atoms with Crippen molar-refractivity contribution in [2.24, 2.45) is 0 Å². The third-order valence-corrected chi connectivity index (χ3v) is 5.28. The van der Waals surface area contributed by atoms with E-state index in [1.807, 2.05) is 12.1 Å². The molecular weight excluding hydrogens is 355 g/mol. The Kier molecular flexibility index (Phi) is 5.13. The average Bonchev–Trinajstić information content (AvgIpc) is 3.09. The first kappa shape index (κ1) is 18.6. The fourth-order valence-corrected chi connectivity index (χ4v) is 3.80. The molecule has 1 aliphatic rings. The van der Waals surface area contributed by atoms with Crippen LogP contribution in [0, 0.1) is 5.82 Å². The maximum absolute atomic E-state index is 13.0. The summed E-state index contributed by atoms with van der Waals surface area (Å²) in [7, 11) is 0. The third kappa shape index (κ3) is 3.64. The van der Waals surface area contributed by atoms with Gasteiger partial charge in [-0.15, -0.1) is 0 Å². The van der Waals surface area contributed by atoms with Crippen molar-refractivity contribution in [1.82, 2.24) is 14.5 Å². The molecule has 0 bridgehead atoms. The van der Waals surface area contributed by atoms with Gasteiger partial charge in [0.15, 0.2) is 5.78 Å². The van der Waals surface area contributed by atoms with Crippen LogP contribution in [0.1, 0.15) is 30.2 Å². The molecule has 1 fully saturated rings. The number of hydrogen-bond donors (Lipinski definition) is 0. The number of benzene rings is 2. The summed E-state index contributed by atoms with van der Waals surface area (Å²) < 4.78 is 15.3. The summed E-state index contributed by atoms with van der Waals surface area (Å²) >= 11 is 0. The van der Waals surface area contributed by atoms with E-state index in [0.717, 1.165) is 43.2 Å². The normalized spacial score (nSPS) is 15.5. The Hall–Kier alpha value is -2.73. The SMILES string of the molecule is CC(C)n1c(N2CCN(CC(=O)c3ccc(F)cc3)CC2)nc2ccccc21. The number of ketones is 1. The van der Waals surface area contributed by atoms with E-state index in [1.165, 1.54) is 12.1 Å². The molecular formula is C22H25FN4O. The van der Waals surface area contributed by atoms with Gasteiger partial charge in [0.05, 0.1) is 17.6 Å². The molecule has 1 aliphatic heterocycles. The molecule has 0 radical (unpaired) electrons. The molecule has 0 N–H and O–H groups in total. The first-order chi connectivity index (χ1) is 13.5. The summed E-state index contributed by atoms with van der Waals surface area (Å²) in [5.74, 6) is 0.710. The summed E-state index contributed by atoms with van der Waals surface area (Å²) in [6.07, 6.45) is 0. The maximum atomic E-state index is 13.0. The minimum absolute atomic E-state index is 0.0304. The van der Waals surface area contributed by atoms with Crippen LogP contribution in [0.3, 0.4) is 0 Å². The first-order valence-electron chi connectivity index (χ1n) is 9.76. The zero-order valence-electron chi connectivity index (χ0n) is 16.3. The molecule has 2 aromatic carbocycles. The van der Waals surface area contributed by atoms with Crippen molar-refractivity contribution in [1.29, 1.82) is 0 Å². The van der Waals surface area contributed by atoms with Crippen LogP contribution >= 0.6 is 0 Å². The monoisotopic (exact) mass is 380 g/mol. The Balaban J connectivity index is 1.44. The lowest BCUT2D eigenvalue weighted by molar-refractivity contribution is 0.0926. The maximum Gasteiger partial charge on any atom is 0.206 e. The molecule has 1 saturated heterocycles. The van der Waals surface area contributed by atoms with Crippen LogP contribution in [0.2, 0.25) is 0 Å². The fourth-order valence-electron chi connectivity index (χ4n) is 3.80. The van der Waals surface area contributed by atoms with E-state index in [4.69, 9.17) is 4.98 Å². The number of carbonyl (C=O) groups excluding carboxylic acids is 1. The molecule has 0 aliphatic carbocycles. The molecule has 146 valence electrons. The van der Waals surface area contributed by atoms with Crippen molar-refractivity contribution in [3.05, 3.63) is 59.9 Å². The molecule has 2 heterocycles. The Morgan fingerprint density at radius 3 is 2.39 bits per heavy atom. The predicted octanol–water partition coefficient (Wildman–Crippen LogP) is 3.76. The standard InChI is InChI=1S/C22H25FN4O/c1-16(2)27-20-6-4-3-5-19(20)24-22(27)26-13-11-25(12-14-26)15-21(28)17-7-9-18(23)10-8-17/h3-10,16H,11-15H2,1-2H3. The van der Waals surface area contributed by atoms with Gasteiger partial charge in [0.25, 0.3) is 0 Å². The van der Waals surface area contributed by atoms with Crippen molar-refractivity contribution in [2.75, 3.05) is 37.6 Å². The van der Waals surface area contributed by atoms with Crippen molar-refractivity contribution in [3.8, 4) is 0 Å². The summed E-state index contributed by atoms with van der Waals surface area (Å²) in [6.45, 7) is 7.96. The highest BCUT2D eigenvalue weighted by atomic mass is 19.1. The molecule has 0 atom stereocenters. The summed E-state index contributed by atoms with van der Waals surface area (Å²) in [5, 5.41) is 0. The molecule has 3 aromatic rings. The molecule has 1 aromatic heterocycles. The molecule has 0 saturated carbocycles. The number of aromatic nitrogens is 2. The minimum Gasteiger partial charge on any atom is -0.340 e. The van der Waals surface area contributed by atoms with E-state index in [0.29, 0.717) is 18.2 Å². The molecule has 0 spiro atoms. The van der Waals surface area contributed by atoms with E-state index in [9.17, 15) is 9.18 Å². The number of fused-ring (bicyclic) bond motifs is 1. The Morgan fingerprint density at radius 1 is 1.04 bits per heavy atom. The summed E-state index contributed by atoms with van der Waals surface area (Å²) in [4.78, 5) is 21.8. The number of imidazole rings is 1. The van der Waals surface area contributed by atoms with E-state index in [-0.39, 0.29) is 11.6 Å². The number of rotatable bonds is 5. The molecule has 0 unspecified atom stereocenters. The molecule has 4 rings (SSSR count). The number of anilines is 1. The van der Waals surface area contributed by atoms with Gasteiger partial charge in [-0.05, 0) is 50.2 Å². The van der Waals surface area contributed by atoms with Gasteiger partial charge in [-0.25, -0.2) is 9.37 Å². The van der Waals surface area contributed by atoms with Crippen molar-refractivity contribution < 1.29 is 9.18 Å². The summed E-state index contributed by atoms with van der Waals surface area (Å²) in [6, 6.07) is 14.3. The van der Waals surface area contributed by atoms with Gasteiger partial charge in [-0.1, -0.05) is 12.1 Å². The lowest BCUT2D eigenvalue weighted by Crippen LogP contribution is -2.48. The second-order valence-electron chi connectivity index (χ2n) is 7.56. The van der Waals surface area contributed by atoms with Crippen LogP contribution in [0.15, 0.2) is 48.5 Å². The number of nitrogens with zero attached hydrogens (tertiary/aromatic N) is 4. The Morgan fingerprint density at radius 2 is 1.71 bits per heavy atom. The van der Waals surface area contributed by atoms with Gasteiger partial charge in [0, 0.05) is 37.8 Å². The van der Waals surface area contributed by atoms with E-state index in [1.54, 1.807) is 12.1 Å². The van der Waals surface area contributed by atoms with Gasteiger partial charge in [-0.2, -0.15) is 0 Å². The highest BCUT2D eigenvalue weighted by Gasteiger charge is 2.24. The zero-order valence-corrected chi connectivity index (χ0v) is 16.3. The van der Waals surface area contributed by atoms with Crippen LogP contribution < -0.4 is 4.90 Å². The van der Waals surface area contributed by atoms with E-state index < -0.39 is 0 Å². The van der Waals surface area contributed by atoms with Crippen molar-refractivity contribution in [3.63, 3.8) is 0 Å². The van der Waals surface area contributed by atoms with Crippen LogP contribution in [0.25, 0.3) is 11.0 Å². The first-order valence-corrected chi connectivity index (χ1v) is 9.76. The lowest BCUT2D eigenvalue weighted by Gasteiger charge is -2.35. The number of hydrogen-bond acceptors (Lipinski definition) is 4. The average molecular weight is 380 g/mol. The highest BCUT2D eigenvalue weighted by Crippen LogP contribution is 2.27. The zero-order chi connectivity index (χ0) is 19.7. The second kappa shape index (κ2) is 7.72. The summed E-state index contributed by atoms with van der Waals surface area (Å²) in [5.41, 5.74) is 2.73. The topological polar surface area (TPSA) is 41.4 Å². The fraction of sp³-hybridized carbons (Fsp3) is 0.364. The van der Waals surface area contributed by atoms with E-state index in [2.05, 4.69) is 40.3 Å². The third-order valence-electron chi connectivity index (χ3n) is 5.28. The van der Waals surface area contributed by atoms with Gasteiger partial charge in [-0.3, -0.25) is 9.69 Å². The molecule has 6 heteroatoms. The number of piperazine rings is 1. The second-order valence-corrected chi connectivity index (χ2v) is 7.56. The van der Waals surface area contributed by atoms with Crippen LogP contribution in [-0.2, 0) is 0 Å². The molecule has 0 amide bonds. The highest BCUT2D eigenvalue weighted by molar-refractivity contribution is 5.97. The van der Waals surface area contributed by atoms with Gasteiger partial charge < -0.3 is 9.47 Å². The van der Waals surface area contributed by atoms with Gasteiger partial charge >= 0.3 is 0 Å². The molecule has 28 heavy (non-hydrogen) atoms.